The molecule has 0 heterocycles. The molecule has 0 spiro atoms. The monoisotopic (exact) mass is 377 g/mol. The van der Waals surface area contributed by atoms with Gasteiger partial charge in [0.05, 0.1) is 0 Å². The van der Waals surface area contributed by atoms with Crippen LogP contribution in [-0.2, 0) is 18.2 Å². The number of rotatable bonds is 14. The molecule has 0 aliphatic carbocycles. The standard InChI is InChI=1S/C12H29NO8P2/c1-2-3-4-5-6-7-8-9-10-11-12(13,20-22(14,15)16)21-23(17,18)19/h2-11,13H2,1H3,(H2,14,15,16)(H2,17,18,19). The largest absolute Gasteiger partial charge is 0.473 e. The maximum atomic E-state index is 10.9. The van der Waals surface area contributed by atoms with Gasteiger partial charge in [-0.05, 0) is 6.42 Å². The van der Waals surface area contributed by atoms with Crippen LogP contribution < -0.4 is 5.73 Å². The molecular weight excluding hydrogens is 348 g/mol. The molecule has 0 unspecified atom stereocenters. The van der Waals surface area contributed by atoms with E-state index < -0.39 is 21.6 Å². The summed E-state index contributed by atoms with van der Waals surface area (Å²) in [5, 5.41) is 0. The predicted molar refractivity (Wildman–Crippen MR) is 85.0 cm³/mol. The van der Waals surface area contributed by atoms with Crippen molar-refractivity contribution in [2.45, 2.75) is 77.0 Å². The van der Waals surface area contributed by atoms with E-state index in [0.29, 0.717) is 12.8 Å². The highest BCUT2D eigenvalue weighted by molar-refractivity contribution is 7.47. The van der Waals surface area contributed by atoms with Gasteiger partial charge in [-0.15, -0.1) is 0 Å². The summed E-state index contributed by atoms with van der Waals surface area (Å²) in [6, 6.07) is 0. The highest BCUT2D eigenvalue weighted by atomic mass is 31.2. The highest BCUT2D eigenvalue weighted by Crippen LogP contribution is 2.48. The SMILES string of the molecule is CCCCCCCCCCCC(N)(OP(=O)(O)O)OP(=O)(O)O. The third kappa shape index (κ3) is 15.4. The first-order valence-electron chi connectivity index (χ1n) is 7.79. The van der Waals surface area contributed by atoms with Crippen LogP contribution in [0, 0.1) is 0 Å². The summed E-state index contributed by atoms with van der Waals surface area (Å²) in [5.41, 5.74) is 5.44. The molecule has 0 saturated carbocycles. The first-order chi connectivity index (χ1) is 10.5. The summed E-state index contributed by atoms with van der Waals surface area (Å²) in [6.45, 7) is 2.15. The minimum absolute atomic E-state index is 0.237. The molecule has 0 fully saturated rings. The van der Waals surface area contributed by atoms with Crippen LogP contribution >= 0.6 is 15.6 Å². The minimum atomic E-state index is -5.04. The predicted octanol–water partition coefficient (Wildman–Crippen LogP) is 2.74. The van der Waals surface area contributed by atoms with Crippen LogP contribution in [0.2, 0.25) is 0 Å². The van der Waals surface area contributed by atoms with Gasteiger partial charge in [0.15, 0.2) is 0 Å². The van der Waals surface area contributed by atoms with Gasteiger partial charge in [-0.25, -0.2) is 18.2 Å². The molecule has 140 valence electrons. The van der Waals surface area contributed by atoms with Crippen LogP contribution in [0.5, 0.6) is 0 Å². The number of phosphoric ester groups is 2. The third-order valence-electron chi connectivity index (χ3n) is 3.18. The molecule has 9 nitrogen and oxygen atoms in total. The molecule has 0 aromatic rings. The fourth-order valence-corrected chi connectivity index (χ4v) is 3.31. The Kier molecular flexibility index (Phi) is 11.0. The Bertz CT molecular complexity index is 384. The fourth-order valence-electron chi connectivity index (χ4n) is 2.19. The van der Waals surface area contributed by atoms with Gasteiger partial charge >= 0.3 is 15.6 Å². The molecule has 0 aromatic carbocycles. The lowest BCUT2D eigenvalue weighted by Gasteiger charge is -2.29. The minimum Gasteiger partial charge on any atom is -0.303 e. The quantitative estimate of drug-likeness (QED) is 0.174. The van der Waals surface area contributed by atoms with Crippen LogP contribution in [0.25, 0.3) is 0 Å². The molecule has 0 aliphatic rings. The molecule has 0 aliphatic heterocycles. The zero-order chi connectivity index (χ0) is 18.0. The first kappa shape index (κ1) is 23.2. The smallest absolute Gasteiger partial charge is 0.303 e. The lowest BCUT2D eigenvalue weighted by atomic mass is 10.1. The van der Waals surface area contributed by atoms with Crippen LogP contribution in [0.1, 0.15) is 71.1 Å². The molecular formula is C12H29NO8P2. The average molecular weight is 377 g/mol. The molecule has 0 radical (unpaired) electrons. The Morgan fingerprint density at radius 2 is 1.13 bits per heavy atom. The van der Waals surface area contributed by atoms with Crippen molar-refractivity contribution in [3.05, 3.63) is 0 Å². The van der Waals surface area contributed by atoms with E-state index in [1.807, 2.05) is 0 Å². The molecule has 0 atom stereocenters. The maximum Gasteiger partial charge on any atom is 0.473 e. The lowest BCUT2D eigenvalue weighted by molar-refractivity contribution is -0.140. The number of phosphoric acid groups is 2. The summed E-state index contributed by atoms with van der Waals surface area (Å²) < 4.78 is 30.1. The van der Waals surface area contributed by atoms with Crippen molar-refractivity contribution >= 4 is 15.6 Å². The molecule has 0 amide bonds. The molecule has 0 aromatic heterocycles. The van der Waals surface area contributed by atoms with Crippen molar-refractivity contribution < 1.29 is 37.8 Å². The van der Waals surface area contributed by atoms with E-state index in [-0.39, 0.29) is 6.42 Å². The van der Waals surface area contributed by atoms with Crippen LogP contribution in [-0.4, -0.2) is 25.5 Å². The molecule has 0 bridgehead atoms. The Hall–Kier alpha value is 0.180. The van der Waals surface area contributed by atoms with Crippen molar-refractivity contribution in [3.63, 3.8) is 0 Å². The average Bonchev–Trinajstić information content (AvgIpc) is 2.32. The summed E-state index contributed by atoms with van der Waals surface area (Å²) in [6.07, 6.45) is 8.69. The molecule has 0 rings (SSSR count). The van der Waals surface area contributed by atoms with Gasteiger partial charge in [-0.3, -0.25) is 5.73 Å². The Morgan fingerprint density at radius 3 is 1.48 bits per heavy atom. The zero-order valence-electron chi connectivity index (χ0n) is 13.5. The van der Waals surface area contributed by atoms with Crippen LogP contribution in [0.3, 0.4) is 0 Å². The van der Waals surface area contributed by atoms with Crippen LogP contribution in [0.4, 0.5) is 0 Å². The van der Waals surface area contributed by atoms with Gasteiger partial charge in [0, 0.05) is 6.42 Å². The summed E-state index contributed by atoms with van der Waals surface area (Å²) in [5.74, 6) is -2.51. The Morgan fingerprint density at radius 1 is 0.783 bits per heavy atom. The van der Waals surface area contributed by atoms with E-state index in [2.05, 4.69) is 16.0 Å². The van der Waals surface area contributed by atoms with E-state index in [1.165, 1.54) is 25.7 Å². The number of hydrogen-bond donors (Lipinski definition) is 5. The second-order valence-electron chi connectivity index (χ2n) is 5.55. The normalized spacial score (nSPS) is 13.5. The zero-order valence-corrected chi connectivity index (χ0v) is 15.3. The topological polar surface area (TPSA) is 160 Å². The number of hydrogen-bond acceptors (Lipinski definition) is 5. The second kappa shape index (κ2) is 10.9. The number of unbranched alkanes of at least 4 members (excludes halogenated alkanes) is 8. The first-order valence-corrected chi connectivity index (χ1v) is 10.8. The third-order valence-corrected chi connectivity index (χ3v) is 4.27. The van der Waals surface area contributed by atoms with Gasteiger partial charge in [0.1, 0.15) is 0 Å². The van der Waals surface area contributed by atoms with Crippen molar-refractivity contribution in [3.8, 4) is 0 Å². The lowest BCUT2D eigenvalue weighted by Crippen LogP contribution is -2.43. The van der Waals surface area contributed by atoms with Gasteiger partial charge in [0.25, 0.3) is 0 Å². The Labute approximate surface area is 137 Å². The van der Waals surface area contributed by atoms with E-state index in [0.717, 1.165) is 19.3 Å². The van der Waals surface area contributed by atoms with E-state index in [1.54, 1.807) is 0 Å². The molecule has 11 heteroatoms. The number of nitrogens with two attached hydrogens (primary N) is 1. The Balaban J connectivity index is 4.11. The van der Waals surface area contributed by atoms with Crippen molar-refractivity contribution in [2.24, 2.45) is 5.73 Å². The maximum absolute atomic E-state index is 10.9. The second-order valence-corrected chi connectivity index (χ2v) is 7.88. The summed E-state index contributed by atoms with van der Waals surface area (Å²) in [4.78, 5) is 35.1. The van der Waals surface area contributed by atoms with Crippen molar-refractivity contribution in [1.29, 1.82) is 0 Å². The fraction of sp³-hybridized carbons (Fsp3) is 1.00. The molecule has 6 N–H and O–H groups in total. The summed E-state index contributed by atoms with van der Waals surface area (Å²) in [7, 11) is -10.1. The van der Waals surface area contributed by atoms with Gasteiger partial charge in [-0.2, -0.15) is 0 Å². The molecule has 23 heavy (non-hydrogen) atoms. The van der Waals surface area contributed by atoms with Crippen molar-refractivity contribution in [1.82, 2.24) is 0 Å². The van der Waals surface area contributed by atoms with Crippen LogP contribution in [0.15, 0.2) is 0 Å². The molecule has 0 saturated heterocycles. The van der Waals surface area contributed by atoms with Gasteiger partial charge < -0.3 is 19.6 Å². The highest BCUT2D eigenvalue weighted by Gasteiger charge is 2.40. The van der Waals surface area contributed by atoms with E-state index >= 15 is 0 Å². The van der Waals surface area contributed by atoms with Gasteiger partial charge in [-0.1, -0.05) is 58.3 Å². The summed E-state index contributed by atoms with van der Waals surface area (Å²) >= 11 is 0. The van der Waals surface area contributed by atoms with E-state index in [9.17, 15) is 9.13 Å². The van der Waals surface area contributed by atoms with Crippen molar-refractivity contribution in [2.75, 3.05) is 0 Å². The van der Waals surface area contributed by atoms with Gasteiger partial charge in [0.2, 0.25) is 5.91 Å². The van der Waals surface area contributed by atoms with E-state index in [4.69, 9.17) is 25.3 Å².